The van der Waals surface area contributed by atoms with E-state index in [9.17, 15) is 18.4 Å². The monoisotopic (exact) mass is 456 g/mol. The van der Waals surface area contributed by atoms with E-state index in [2.05, 4.69) is 9.72 Å². The van der Waals surface area contributed by atoms with Crippen molar-refractivity contribution in [3.05, 3.63) is 71.0 Å². The summed E-state index contributed by atoms with van der Waals surface area (Å²) in [5, 5.41) is 1.65. The highest BCUT2D eigenvalue weighted by Crippen LogP contribution is 2.42. The number of benzene rings is 2. The number of aromatic nitrogens is 1. The molecule has 0 bridgehead atoms. The van der Waals surface area contributed by atoms with Crippen molar-refractivity contribution < 1.29 is 27.5 Å². The zero-order valence-corrected chi connectivity index (χ0v) is 17.2. The molecule has 162 valence electrons. The number of imide groups is 1. The fraction of sp³-hybridized carbons (Fsp3) is 0.174. The molecule has 0 aliphatic carbocycles. The molecule has 9 heteroatoms. The molecule has 1 unspecified atom stereocenters. The number of carbonyl (C=O) groups excluding carboxylic acids is 2. The molecule has 3 heterocycles. The van der Waals surface area contributed by atoms with Gasteiger partial charge in [-0.05, 0) is 42.0 Å². The number of ether oxygens (including phenoxy) is 1. The van der Waals surface area contributed by atoms with E-state index in [1.807, 2.05) is 0 Å². The number of alkyl halides is 2. The number of fused-ring (bicyclic) bond motifs is 3. The molecular formula is C23H15ClF2N2O4. The molecule has 0 saturated carbocycles. The maximum Gasteiger partial charge on any atom is 0.387 e. The fourth-order valence-electron chi connectivity index (χ4n) is 4.12. The molecule has 0 N–H and O–H groups in total. The number of hydrogen-bond acceptors (Lipinski definition) is 5. The SMILES string of the molecule is O=C1CC(c2ccc(OC(F)F)c3oc4ccncc4c23)CN1C(=O)c1ccc(Cl)cc1. The molecule has 1 aliphatic heterocycles. The van der Waals surface area contributed by atoms with E-state index in [-0.39, 0.29) is 36.1 Å². The smallest absolute Gasteiger partial charge is 0.387 e. The van der Waals surface area contributed by atoms with Crippen molar-refractivity contribution in [3.8, 4) is 5.75 Å². The van der Waals surface area contributed by atoms with Gasteiger partial charge >= 0.3 is 6.61 Å². The molecule has 1 saturated heterocycles. The standard InChI is InChI=1S/C23H15ClF2N2O4/c24-14-3-1-12(2-4-14)22(30)28-11-13(9-19(28)29)15-5-6-18(32-23(25)26)21-20(15)16-10-27-8-7-17(16)31-21/h1-8,10,13,23H,9,11H2. The summed E-state index contributed by atoms with van der Waals surface area (Å²) in [5.74, 6) is -1.18. The second kappa shape index (κ2) is 7.87. The lowest BCUT2D eigenvalue weighted by atomic mass is 9.93. The minimum atomic E-state index is -3.02. The number of nitrogens with zero attached hydrogens (tertiary/aromatic N) is 2. The number of amides is 2. The maximum atomic E-state index is 12.9. The molecule has 0 spiro atoms. The summed E-state index contributed by atoms with van der Waals surface area (Å²) in [6, 6.07) is 11.0. The van der Waals surface area contributed by atoms with Crippen LogP contribution in [0.5, 0.6) is 5.75 Å². The molecule has 2 aromatic carbocycles. The number of pyridine rings is 1. The molecule has 32 heavy (non-hydrogen) atoms. The van der Waals surface area contributed by atoms with Gasteiger partial charge in [0.25, 0.3) is 5.91 Å². The Kier molecular flexibility index (Phi) is 5.01. The minimum absolute atomic E-state index is 0.0937. The molecular weight excluding hydrogens is 442 g/mol. The summed E-state index contributed by atoms with van der Waals surface area (Å²) in [7, 11) is 0. The normalized spacial score (nSPS) is 16.4. The van der Waals surface area contributed by atoms with E-state index in [0.29, 0.717) is 32.5 Å². The third kappa shape index (κ3) is 3.46. The van der Waals surface area contributed by atoms with Crippen LogP contribution in [0.3, 0.4) is 0 Å². The summed E-state index contributed by atoms with van der Waals surface area (Å²) in [6.45, 7) is -2.87. The number of carbonyl (C=O) groups is 2. The summed E-state index contributed by atoms with van der Waals surface area (Å²) in [4.78, 5) is 30.9. The van der Waals surface area contributed by atoms with Crippen LogP contribution in [0.1, 0.15) is 28.3 Å². The summed E-state index contributed by atoms with van der Waals surface area (Å²) in [5.41, 5.74) is 1.67. The van der Waals surface area contributed by atoms with Gasteiger partial charge in [0.1, 0.15) is 5.58 Å². The fourth-order valence-corrected chi connectivity index (χ4v) is 4.24. The molecule has 5 rings (SSSR count). The largest absolute Gasteiger partial charge is 0.452 e. The molecule has 1 aliphatic rings. The van der Waals surface area contributed by atoms with E-state index in [1.54, 1.807) is 42.6 Å². The Morgan fingerprint density at radius 2 is 1.97 bits per heavy atom. The van der Waals surface area contributed by atoms with Crippen LogP contribution < -0.4 is 4.74 Å². The average molecular weight is 457 g/mol. The van der Waals surface area contributed by atoms with Gasteiger partial charge < -0.3 is 9.15 Å². The van der Waals surface area contributed by atoms with Crippen LogP contribution in [-0.2, 0) is 4.79 Å². The Balaban J connectivity index is 1.55. The minimum Gasteiger partial charge on any atom is -0.452 e. The molecule has 2 aromatic heterocycles. The molecule has 2 amide bonds. The highest BCUT2D eigenvalue weighted by Gasteiger charge is 2.36. The zero-order chi connectivity index (χ0) is 22.4. The predicted molar refractivity (Wildman–Crippen MR) is 113 cm³/mol. The van der Waals surface area contributed by atoms with Crippen molar-refractivity contribution in [2.75, 3.05) is 6.54 Å². The van der Waals surface area contributed by atoms with Gasteiger partial charge in [-0.15, -0.1) is 0 Å². The van der Waals surface area contributed by atoms with Crippen LogP contribution in [0.2, 0.25) is 5.02 Å². The third-order valence-electron chi connectivity index (χ3n) is 5.53. The summed E-state index contributed by atoms with van der Waals surface area (Å²) < 4.78 is 36.2. The van der Waals surface area contributed by atoms with Crippen LogP contribution in [-0.4, -0.2) is 34.9 Å². The van der Waals surface area contributed by atoms with Crippen molar-refractivity contribution >= 4 is 45.4 Å². The summed E-state index contributed by atoms with van der Waals surface area (Å²) in [6.07, 6.45) is 3.20. The van der Waals surface area contributed by atoms with Crippen molar-refractivity contribution in [1.29, 1.82) is 0 Å². The maximum absolute atomic E-state index is 12.9. The van der Waals surface area contributed by atoms with Crippen molar-refractivity contribution in [3.63, 3.8) is 0 Å². The number of likely N-dealkylation sites (tertiary alicyclic amines) is 1. The van der Waals surface area contributed by atoms with Gasteiger partial charge in [0.2, 0.25) is 5.91 Å². The Bertz CT molecular complexity index is 1350. The number of hydrogen-bond donors (Lipinski definition) is 0. The third-order valence-corrected chi connectivity index (χ3v) is 5.79. The first-order chi connectivity index (χ1) is 15.4. The van der Waals surface area contributed by atoms with Crippen molar-refractivity contribution in [2.45, 2.75) is 19.0 Å². The first-order valence-corrected chi connectivity index (χ1v) is 10.1. The molecule has 1 fully saturated rings. The van der Waals surface area contributed by atoms with E-state index in [0.717, 1.165) is 0 Å². The highest BCUT2D eigenvalue weighted by molar-refractivity contribution is 6.30. The average Bonchev–Trinajstić information content (AvgIpc) is 3.35. The second-order valence-corrected chi connectivity index (χ2v) is 7.86. The first kappa shape index (κ1) is 20.4. The molecule has 0 radical (unpaired) electrons. The Morgan fingerprint density at radius 3 is 2.72 bits per heavy atom. The van der Waals surface area contributed by atoms with Crippen LogP contribution >= 0.6 is 11.6 Å². The highest BCUT2D eigenvalue weighted by atomic mass is 35.5. The van der Waals surface area contributed by atoms with Gasteiger partial charge in [-0.1, -0.05) is 17.7 Å². The lowest BCUT2D eigenvalue weighted by molar-refractivity contribution is -0.125. The lowest BCUT2D eigenvalue weighted by Crippen LogP contribution is -2.32. The zero-order valence-electron chi connectivity index (χ0n) is 16.4. The van der Waals surface area contributed by atoms with Gasteiger partial charge in [-0.3, -0.25) is 19.5 Å². The number of halogens is 3. The van der Waals surface area contributed by atoms with Gasteiger partial charge in [0, 0.05) is 52.6 Å². The van der Waals surface area contributed by atoms with Crippen LogP contribution in [0.25, 0.3) is 21.9 Å². The second-order valence-electron chi connectivity index (χ2n) is 7.43. The van der Waals surface area contributed by atoms with Gasteiger partial charge in [0.05, 0.1) is 0 Å². The quantitative estimate of drug-likeness (QED) is 0.385. The van der Waals surface area contributed by atoms with Crippen LogP contribution in [0.15, 0.2) is 59.3 Å². The van der Waals surface area contributed by atoms with E-state index in [4.69, 9.17) is 16.0 Å². The lowest BCUT2D eigenvalue weighted by Gasteiger charge is -2.16. The van der Waals surface area contributed by atoms with Gasteiger partial charge in [0.15, 0.2) is 11.3 Å². The molecule has 4 aromatic rings. The summed E-state index contributed by atoms with van der Waals surface area (Å²) >= 11 is 5.88. The number of rotatable bonds is 4. The Morgan fingerprint density at radius 1 is 1.19 bits per heavy atom. The van der Waals surface area contributed by atoms with E-state index >= 15 is 0 Å². The molecule has 1 atom stereocenters. The van der Waals surface area contributed by atoms with Crippen LogP contribution in [0, 0.1) is 0 Å². The van der Waals surface area contributed by atoms with Crippen molar-refractivity contribution in [2.24, 2.45) is 0 Å². The first-order valence-electron chi connectivity index (χ1n) is 9.76. The van der Waals surface area contributed by atoms with E-state index in [1.165, 1.54) is 17.2 Å². The Labute approximate surface area is 185 Å². The van der Waals surface area contributed by atoms with Crippen molar-refractivity contribution in [1.82, 2.24) is 9.88 Å². The van der Waals surface area contributed by atoms with E-state index < -0.39 is 12.5 Å². The topological polar surface area (TPSA) is 72.6 Å². The molecule has 6 nitrogen and oxygen atoms in total. The Hall–Kier alpha value is -3.52. The predicted octanol–water partition coefficient (Wildman–Crippen LogP) is 5.39. The van der Waals surface area contributed by atoms with Gasteiger partial charge in [-0.25, -0.2) is 0 Å². The van der Waals surface area contributed by atoms with Gasteiger partial charge in [-0.2, -0.15) is 8.78 Å². The van der Waals surface area contributed by atoms with Crippen LogP contribution in [0.4, 0.5) is 8.78 Å². The number of furan rings is 1.